The predicted octanol–water partition coefficient (Wildman–Crippen LogP) is 1.32. The molecule has 3 rings (SSSR count). The second kappa shape index (κ2) is 9.03. The number of esters is 1. The number of non-ortho nitro benzene ring substituents is 1. The normalized spacial score (nSPS) is 12.7. The summed E-state index contributed by atoms with van der Waals surface area (Å²) in [4.78, 5) is 45.9. The summed E-state index contributed by atoms with van der Waals surface area (Å²) in [5.41, 5.74) is 0.147. The molecule has 0 saturated heterocycles. The van der Waals surface area contributed by atoms with Crippen LogP contribution in [0.4, 0.5) is 10.5 Å². The first kappa shape index (κ1) is 20.8. The van der Waals surface area contributed by atoms with E-state index < -0.39 is 29.4 Å². The molecule has 1 aromatic carbocycles. The van der Waals surface area contributed by atoms with Gasteiger partial charge < -0.3 is 14.8 Å². The summed E-state index contributed by atoms with van der Waals surface area (Å²) in [6, 6.07) is 4.94. The SMILES string of the molecule is CCOC(=O)c1nn(-c2ccc([N+](=O)[O-])cc2)cc1OCC(=O)NC(=O)NC1CC1. The molecule has 1 aliphatic carbocycles. The smallest absolute Gasteiger partial charge is 0.362 e. The van der Waals surface area contributed by atoms with E-state index in [1.807, 2.05) is 0 Å². The van der Waals surface area contributed by atoms with Crippen molar-refractivity contribution in [2.24, 2.45) is 0 Å². The van der Waals surface area contributed by atoms with Crippen molar-refractivity contribution in [2.75, 3.05) is 13.2 Å². The van der Waals surface area contributed by atoms with Crippen LogP contribution in [0.25, 0.3) is 5.69 Å². The fraction of sp³-hybridized carbons (Fsp3) is 0.333. The highest BCUT2D eigenvalue weighted by atomic mass is 16.6. The van der Waals surface area contributed by atoms with Crippen LogP contribution in [-0.2, 0) is 9.53 Å². The van der Waals surface area contributed by atoms with E-state index >= 15 is 0 Å². The molecule has 1 aromatic heterocycles. The number of rotatable bonds is 8. The molecule has 1 heterocycles. The number of nitrogens with one attached hydrogen (secondary N) is 2. The van der Waals surface area contributed by atoms with Gasteiger partial charge >= 0.3 is 12.0 Å². The largest absolute Gasteiger partial charge is 0.480 e. The Kier molecular flexibility index (Phi) is 6.25. The number of nitro groups is 1. The van der Waals surface area contributed by atoms with E-state index in [1.54, 1.807) is 6.92 Å². The number of nitro benzene ring substituents is 1. The molecule has 2 aromatic rings. The highest BCUT2D eigenvalue weighted by Gasteiger charge is 2.25. The second-order valence-corrected chi connectivity index (χ2v) is 6.37. The zero-order valence-corrected chi connectivity index (χ0v) is 16.0. The molecule has 158 valence electrons. The number of carbonyl (C=O) groups is 3. The molecule has 1 saturated carbocycles. The molecule has 12 heteroatoms. The van der Waals surface area contributed by atoms with Crippen molar-refractivity contribution in [3.05, 3.63) is 46.3 Å². The number of aromatic nitrogens is 2. The molecule has 0 aliphatic heterocycles. The van der Waals surface area contributed by atoms with Crippen molar-refractivity contribution in [1.82, 2.24) is 20.4 Å². The fourth-order valence-electron chi connectivity index (χ4n) is 2.42. The summed E-state index contributed by atoms with van der Waals surface area (Å²) in [6.45, 7) is 1.19. The van der Waals surface area contributed by atoms with Crippen LogP contribution in [0.15, 0.2) is 30.5 Å². The van der Waals surface area contributed by atoms with Gasteiger partial charge in [-0.3, -0.25) is 20.2 Å². The molecule has 1 aliphatic rings. The third kappa shape index (κ3) is 5.31. The molecule has 0 spiro atoms. The Balaban J connectivity index is 1.72. The lowest BCUT2D eigenvalue weighted by atomic mass is 10.3. The van der Waals surface area contributed by atoms with Crippen LogP contribution in [0, 0.1) is 10.1 Å². The van der Waals surface area contributed by atoms with Gasteiger partial charge in [-0.1, -0.05) is 0 Å². The summed E-state index contributed by atoms with van der Waals surface area (Å²) < 4.78 is 11.6. The van der Waals surface area contributed by atoms with Crippen molar-refractivity contribution in [3.63, 3.8) is 0 Å². The van der Waals surface area contributed by atoms with Gasteiger partial charge in [-0.25, -0.2) is 14.3 Å². The number of hydrogen-bond acceptors (Lipinski definition) is 8. The van der Waals surface area contributed by atoms with Gasteiger partial charge in [-0.15, -0.1) is 0 Å². The number of benzene rings is 1. The molecule has 0 unspecified atom stereocenters. The maximum atomic E-state index is 12.2. The lowest BCUT2D eigenvalue weighted by molar-refractivity contribution is -0.384. The highest BCUT2D eigenvalue weighted by molar-refractivity contribution is 5.95. The molecular formula is C18H19N5O7. The van der Waals surface area contributed by atoms with Crippen LogP contribution in [0.5, 0.6) is 5.75 Å². The zero-order chi connectivity index (χ0) is 21.7. The zero-order valence-electron chi connectivity index (χ0n) is 16.0. The minimum Gasteiger partial charge on any atom is -0.480 e. The number of urea groups is 1. The molecule has 12 nitrogen and oxygen atoms in total. The van der Waals surface area contributed by atoms with Gasteiger partial charge in [0.25, 0.3) is 11.6 Å². The topological polar surface area (TPSA) is 155 Å². The third-order valence-electron chi connectivity index (χ3n) is 4.00. The molecule has 30 heavy (non-hydrogen) atoms. The van der Waals surface area contributed by atoms with E-state index in [9.17, 15) is 24.5 Å². The van der Waals surface area contributed by atoms with Crippen molar-refractivity contribution in [2.45, 2.75) is 25.8 Å². The lowest BCUT2D eigenvalue weighted by Crippen LogP contribution is -2.42. The van der Waals surface area contributed by atoms with Gasteiger partial charge in [-0.2, -0.15) is 5.10 Å². The minimum atomic E-state index is -0.764. The number of nitrogens with zero attached hydrogens (tertiary/aromatic N) is 3. The molecule has 0 atom stereocenters. The predicted molar refractivity (Wildman–Crippen MR) is 101 cm³/mol. The Morgan fingerprint density at radius 3 is 2.57 bits per heavy atom. The first-order valence-corrected chi connectivity index (χ1v) is 9.12. The third-order valence-corrected chi connectivity index (χ3v) is 4.00. The van der Waals surface area contributed by atoms with E-state index in [2.05, 4.69) is 15.7 Å². The quantitative estimate of drug-likeness (QED) is 0.370. The second-order valence-electron chi connectivity index (χ2n) is 6.37. The van der Waals surface area contributed by atoms with Crippen LogP contribution >= 0.6 is 0 Å². The number of carbonyl (C=O) groups excluding carboxylic acids is 3. The van der Waals surface area contributed by atoms with E-state index in [-0.39, 0.29) is 29.8 Å². The molecule has 0 bridgehead atoms. The standard InChI is InChI=1S/C18H19N5O7/c1-2-29-17(25)16-14(30-10-15(24)20-18(26)19-11-3-4-11)9-22(21-16)12-5-7-13(8-6-12)23(27)28/h5-9,11H,2-4,10H2,1H3,(H2,19,20,24,26). The van der Waals surface area contributed by atoms with Gasteiger partial charge in [0.15, 0.2) is 12.4 Å². The average Bonchev–Trinajstić information content (AvgIpc) is 3.41. The Morgan fingerprint density at radius 2 is 1.97 bits per heavy atom. The van der Waals surface area contributed by atoms with Gasteiger partial charge in [-0.05, 0) is 31.9 Å². The maximum absolute atomic E-state index is 12.2. The Bertz CT molecular complexity index is 966. The Morgan fingerprint density at radius 1 is 1.27 bits per heavy atom. The number of imide groups is 1. The van der Waals surface area contributed by atoms with Crippen molar-refractivity contribution >= 4 is 23.6 Å². The van der Waals surface area contributed by atoms with Crippen molar-refractivity contribution < 1.29 is 28.8 Å². The molecule has 3 amide bonds. The number of hydrogen-bond donors (Lipinski definition) is 2. The van der Waals surface area contributed by atoms with Crippen LogP contribution in [-0.4, -0.2) is 51.9 Å². The summed E-state index contributed by atoms with van der Waals surface area (Å²) in [5, 5.41) is 19.6. The van der Waals surface area contributed by atoms with E-state index in [0.29, 0.717) is 5.69 Å². The van der Waals surface area contributed by atoms with Crippen LogP contribution in [0.1, 0.15) is 30.3 Å². The number of amides is 3. The van der Waals surface area contributed by atoms with Gasteiger partial charge in [0.1, 0.15) is 0 Å². The summed E-state index contributed by atoms with van der Waals surface area (Å²) in [7, 11) is 0. The van der Waals surface area contributed by atoms with Crippen LogP contribution < -0.4 is 15.4 Å². The summed E-state index contributed by atoms with van der Waals surface area (Å²) >= 11 is 0. The fourth-order valence-corrected chi connectivity index (χ4v) is 2.42. The van der Waals surface area contributed by atoms with Gasteiger partial charge in [0, 0.05) is 18.2 Å². The van der Waals surface area contributed by atoms with E-state index in [4.69, 9.17) is 9.47 Å². The lowest BCUT2D eigenvalue weighted by Gasteiger charge is -2.07. The first-order chi connectivity index (χ1) is 14.4. The van der Waals surface area contributed by atoms with E-state index in [1.165, 1.54) is 35.1 Å². The van der Waals surface area contributed by atoms with Crippen molar-refractivity contribution in [3.8, 4) is 11.4 Å². The molecule has 1 fully saturated rings. The Labute approximate surface area is 170 Å². The van der Waals surface area contributed by atoms with Crippen LogP contribution in [0.3, 0.4) is 0 Å². The van der Waals surface area contributed by atoms with Gasteiger partial charge in [0.05, 0.1) is 23.4 Å². The average molecular weight is 417 g/mol. The molecule has 0 radical (unpaired) electrons. The minimum absolute atomic E-state index is 0.0375. The first-order valence-electron chi connectivity index (χ1n) is 9.12. The summed E-state index contributed by atoms with van der Waals surface area (Å²) in [5.74, 6) is -1.50. The van der Waals surface area contributed by atoms with Crippen molar-refractivity contribution in [1.29, 1.82) is 0 Å². The summed E-state index contributed by atoms with van der Waals surface area (Å²) in [6.07, 6.45) is 3.09. The molecular weight excluding hydrogens is 398 g/mol. The molecule has 2 N–H and O–H groups in total. The Hall–Kier alpha value is -3.96. The van der Waals surface area contributed by atoms with Crippen LogP contribution in [0.2, 0.25) is 0 Å². The number of ether oxygens (including phenoxy) is 2. The van der Waals surface area contributed by atoms with Gasteiger partial charge in [0.2, 0.25) is 5.69 Å². The maximum Gasteiger partial charge on any atom is 0.362 e. The highest BCUT2D eigenvalue weighted by Crippen LogP contribution is 2.22. The van der Waals surface area contributed by atoms with E-state index in [0.717, 1.165) is 12.8 Å². The monoisotopic (exact) mass is 417 g/mol.